The van der Waals surface area contributed by atoms with Gasteiger partial charge in [-0.15, -0.1) is 11.3 Å². The maximum Gasteiger partial charge on any atom is 0.160 e. The van der Waals surface area contributed by atoms with Gasteiger partial charge in [-0.05, 0) is 34.9 Å². The lowest BCUT2D eigenvalue weighted by molar-refractivity contribution is 1.18. The normalized spacial score (nSPS) is 11.3. The number of benzene rings is 5. The number of hydrogen-bond acceptors (Lipinski definition) is 4. The van der Waals surface area contributed by atoms with Crippen molar-refractivity contribution in [2.45, 2.75) is 0 Å². The van der Waals surface area contributed by atoms with Gasteiger partial charge in [0.15, 0.2) is 5.82 Å². The summed E-state index contributed by atoms with van der Waals surface area (Å²) in [6.45, 7) is 0. The van der Waals surface area contributed by atoms with Gasteiger partial charge in [0.1, 0.15) is 0 Å². The predicted octanol–water partition coefficient (Wildman–Crippen LogP) is 10.6. The largest absolute Gasteiger partial charge is 0.255 e. The lowest BCUT2D eigenvalue weighted by Gasteiger charge is -2.10. The molecule has 0 spiro atoms. The van der Waals surface area contributed by atoms with Crippen LogP contribution < -0.4 is 0 Å². The van der Waals surface area contributed by atoms with Gasteiger partial charge in [0.25, 0.3) is 0 Å². The fourth-order valence-corrected chi connectivity index (χ4v) is 6.77. The maximum atomic E-state index is 4.97. The van der Waals surface area contributed by atoms with Gasteiger partial charge in [-0.1, -0.05) is 127 Å². The summed E-state index contributed by atoms with van der Waals surface area (Å²) in [7, 11) is 0. The molecular weight excluding hydrogens is 543 g/mol. The van der Waals surface area contributed by atoms with Gasteiger partial charge in [0.2, 0.25) is 0 Å². The molecule has 0 saturated heterocycles. The Kier molecular flexibility index (Phi) is 6.32. The van der Waals surface area contributed by atoms with E-state index in [9.17, 15) is 0 Å². The number of rotatable bonds is 5. The maximum absolute atomic E-state index is 4.97. The minimum atomic E-state index is 0.715. The standard InChI is InChI=1S/C39H25N3S/c1-3-9-29(10-4-1)34-25-35(30-11-5-2-6-12-30)42-39(41-34)31-21-17-27(18-22-31)26-15-19-28(20-16-26)32-23-24-40-37-33-13-7-8-14-36(33)43-38(32)37/h1-25H. The Morgan fingerprint density at radius 1 is 0.442 bits per heavy atom. The van der Waals surface area contributed by atoms with E-state index in [0.29, 0.717) is 5.82 Å². The first-order valence-electron chi connectivity index (χ1n) is 14.3. The van der Waals surface area contributed by atoms with Crippen molar-refractivity contribution >= 4 is 31.6 Å². The van der Waals surface area contributed by atoms with E-state index >= 15 is 0 Å². The van der Waals surface area contributed by atoms with Crippen LogP contribution >= 0.6 is 11.3 Å². The monoisotopic (exact) mass is 567 g/mol. The Balaban J connectivity index is 1.13. The van der Waals surface area contributed by atoms with Crippen molar-refractivity contribution in [3.8, 4) is 56.2 Å². The molecule has 0 saturated carbocycles. The minimum absolute atomic E-state index is 0.715. The molecule has 43 heavy (non-hydrogen) atoms. The van der Waals surface area contributed by atoms with E-state index in [0.717, 1.165) is 39.2 Å². The summed E-state index contributed by atoms with van der Waals surface area (Å²) in [6.07, 6.45) is 1.92. The fourth-order valence-electron chi connectivity index (χ4n) is 5.58. The molecule has 202 valence electrons. The molecule has 8 aromatic rings. The quantitative estimate of drug-likeness (QED) is 0.208. The zero-order valence-electron chi connectivity index (χ0n) is 23.2. The number of pyridine rings is 1. The number of aromatic nitrogens is 3. The van der Waals surface area contributed by atoms with Crippen LogP contribution in [0.1, 0.15) is 0 Å². The average Bonchev–Trinajstić information content (AvgIpc) is 3.48. The van der Waals surface area contributed by atoms with Crippen LogP contribution in [0.4, 0.5) is 0 Å². The van der Waals surface area contributed by atoms with E-state index in [2.05, 4.69) is 109 Å². The third kappa shape index (κ3) is 4.78. The third-order valence-electron chi connectivity index (χ3n) is 7.80. The lowest BCUT2D eigenvalue weighted by Crippen LogP contribution is -1.95. The van der Waals surface area contributed by atoms with Gasteiger partial charge in [0, 0.05) is 38.5 Å². The lowest BCUT2D eigenvalue weighted by atomic mass is 9.99. The highest BCUT2D eigenvalue weighted by molar-refractivity contribution is 7.26. The van der Waals surface area contributed by atoms with Crippen LogP contribution in [0.3, 0.4) is 0 Å². The fraction of sp³-hybridized carbons (Fsp3) is 0. The van der Waals surface area contributed by atoms with Crippen LogP contribution in [0.15, 0.2) is 152 Å². The summed E-state index contributed by atoms with van der Waals surface area (Å²) >= 11 is 1.81. The molecule has 0 unspecified atom stereocenters. The van der Waals surface area contributed by atoms with E-state index < -0.39 is 0 Å². The molecular formula is C39H25N3S. The molecule has 0 bridgehead atoms. The van der Waals surface area contributed by atoms with Crippen molar-refractivity contribution in [1.29, 1.82) is 0 Å². The first-order valence-corrected chi connectivity index (χ1v) is 15.1. The average molecular weight is 568 g/mol. The molecule has 4 heteroatoms. The molecule has 5 aromatic carbocycles. The highest BCUT2D eigenvalue weighted by Crippen LogP contribution is 2.39. The topological polar surface area (TPSA) is 38.7 Å². The van der Waals surface area contributed by atoms with Crippen LogP contribution in [0.5, 0.6) is 0 Å². The van der Waals surface area contributed by atoms with Gasteiger partial charge in [-0.25, -0.2) is 9.97 Å². The summed E-state index contributed by atoms with van der Waals surface area (Å²) in [5.41, 5.74) is 10.8. The minimum Gasteiger partial charge on any atom is -0.255 e. The Bertz CT molecular complexity index is 2150. The smallest absolute Gasteiger partial charge is 0.160 e. The Morgan fingerprint density at radius 3 is 1.60 bits per heavy atom. The molecule has 0 fully saturated rings. The Labute approximate surface area is 253 Å². The summed E-state index contributed by atoms with van der Waals surface area (Å²) in [5, 5.41) is 1.22. The van der Waals surface area contributed by atoms with Crippen molar-refractivity contribution in [3.05, 3.63) is 152 Å². The zero-order chi connectivity index (χ0) is 28.6. The summed E-state index contributed by atoms with van der Waals surface area (Å²) < 4.78 is 2.50. The van der Waals surface area contributed by atoms with E-state index in [4.69, 9.17) is 15.0 Å². The number of thiophene rings is 1. The van der Waals surface area contributed by atoms with Gasteiger partial charge in [-0.3, -0.25) is 4.98 Å². The van der Waals surface area contributed by atoms with Crippen molar-refractivity contribution in [2.24, 2.45) is 0 Å². The Hall–Kier alpha value is -5.45. The highest BCUT2D eigenvalue weighted by Gasteiger charge is 2.13. The highest BCUT2D eigenvalue weighted by atomic mass is 32.1. The van der Waals surface area contributed by atoms with Crippen molar-refractivity contribution < 1.29 is 0 Å². The molecule has 0 amide bonds. The number of fused-ring (bicyclic) bond motifs is 3. The molecule has 3 heterocycles. The van der Waals surface area contributed by atoms with Crippen molar-refractivity contribution in [1.82, 2.24) is 15.0 Å². The molecule has 0 aliphatic carbocycles. The number of hydrogen-bond donors (Lipinski definition) is 0. The van der Waals surface area contributed by atoms with Gasteiger partial charge in [-0.2, -0.15) is 0 Å². The second kappa shape index (κ2) is 10.8. The predicted molar refractivity (Wildman–Crippen MR) is 180 cm³/mol. The second-order valence-corrected chi connectivity index (χ2v) is 11.5. The first kappa shape index (κ1) is 25.3. The first-order chi connectivity index (χ1) is 21.3. The molecule has 3 aromatic heterocycles. The van der Waals surface area contributed by atoms with Gasteiger partial charge in [0.05, 0.1) is 21.6 Å². The molecule has 0 atom stereocenters. The molecule has 3 nitrogen and oxygen atoms in total. The van der Waals surface area contributed by atoms with E-state index in [1.165, 1.54) is 31.5 Å². The van der Waals surface area contributed by atoms with Crippen molar-refractivity contribution in [2.75, 3.05) is 0 Å². The SMILES string of the molecule is c1ccc(-c2cc(-c3ccccc3)nc(-c3ccc(-c4ccc(-c5ccnc6c5sc5ccccc56)cc4)cc3)n2)cc1. The van der Waals surface area contributed by atoms with Gasteiger partial charge < -0.3 is 0 Å². The molecule has 8 rings (SSSR count). The Morgan fingerprint density at radius 2 is 0.977 bits per heavy atom. The summed E-state index contributed by atoms with van der Waals surface area (Å²) in [5.74, 6) is 0.715. The summed E-state index contributed by atoms with van der Waals surface area (Å²) in [4.78, 5) is 14.6. The molecule has 0 N–H and O–H groups in total. The van der Waals surface area contributed by atoms with Crippen LogP contribution in [0.25, 0.3) is 76.5 Å². The van der Waals surface area contributed by atoms with Gasteiger partial charge >= 0.3 is 0 Å². The van der Waals surface area contributed by atoms with Crippen LogP contribution in [0.2, 0.25) is 0 Å². The van der Waals surface area contributed by atoms with E-state index in [1.807, 2.05) is 53.9 Å². The second-order valence-electron chi connectivity index (χ2n) is 10.5. The van der Waals surface area contributed by atoms with E-state index in [1.54, 1.807) is 0 Å². The third-order valence-corrected chi connectivity index (χ3v) is 8.99. The number of nitrogens with zero attached hydrogens (tertiary/aromatic N) is 3. The van der Waals surface area contributed by atoms with Crippen LogP contribution in [0, 0.1) is 0 Å². The van der Waals surface area contributed by atoms with Crippen LogP contribution in [-0.4, -0.2) is 15.0 Å². The van der Waals surface area contributed by atoms with E-state index in [-0.39, 0.29) is 0 Å². The molecule has 0 aliphatic heterocycles. The zero-order valence-corrected chi connectivity index (χ0v) is 24.0. The van der Waals surface area contributed by atoms with Crippen molar-refractivity contribution in [3.63, 3.8) is 0 Å². The summed E-state index contributed by atoms with van der Waals surface area (Å²) in [6, 6.07) is 50.6. The molecule has 0 aliphatic rings. The van der Waals surface area contributed by atoms with Crippen LogP contribution in [-0.2, 0) is 0 Å². The molecule has 0 radical (unpaired) electrons.